The van der Waals surface area contributed by atoms with E-state index in [2.05, 4.69) is 0 Å². The summed E-state index contributed by atoms with van der Waals surface area (Å²) >= 11 is 6.19. The Morgan fingerprint density at radius 2 is 2.00 bits per heavy atom. The molecule has 0 aliphatic carbocycles. The molecule has 2 aliphatic rings. The number of halogens is 4. The van der Waals surface area contributed by atoms with Gasteiger partial charge in [-0.3, -0.25) is 4.79 Å². The number of alkyl halides is 3. The largest absolute Gasteiger partial charge is 0.417 e. The average molecular weight is 478 g/mol. The maximum Gasteiger partial charge on any atom is 0.417 e. The van der Waals surface area contributed by atoms with E-state index < -0.39 is 22.7 Å². The summed E-state index contributed by atoms with van der Waals surface area (Å²) in [5.41, 5.74) is -0.731. The number of aliphatic hydroxyl groups is 1. The minimum Gasteiger partial charge on any atom is -0.396 e. The number of nitriles is 1. The Labute approximate surface area is 195 Å². The van der Waals surface area contributed by atoms with E-state index in [1.807, 2.05) is 11.0 Å². The van der Waals surface area contributed by atoms with Crippen molar-refractivity contribution in [3.63, 3.8) is 0 Å². The van der Waals surface area contributed by atoms with E-state index in [0.717, 1.165) is 11.6 Å². The van der Waals surface area contributed by atoms with Crippen molar-refractivity contribution < 1.29 is 23.1 Å². The molecule has 4 rings (SSSR count). The molecule has 0 spiro atoms. The van der Waals surface area contributed by atoms with Crippen LogP contribution in [0.15, 0.2) is 42.5 Å². The molecule has 2 saturated heterocycles. The van der Waals surface area contributed by atoms with Crippen molar-refractivity contribution in [2.45, 2.75) is 19.0 Å². The van der Waals surface area contributed by atoms with Crippen LogP contribution in [0.2, 0.25) is 5.02 Å². The molecular weight excluding hydrogens is 455 g/mol. The van der Waals surface area contributed by atoms with Crippen molar-refractivity contribution >= 4 is 23.2 Å². The van der Waals surface area contributed by atoms with E-state index in [4.69, 9.17) is 16.9 Å². The number of carbonyl (C=O) groups excluding carboxylic acids is 1. The van der Waals surface area contributed by atoms with Crippen LogP contribution in [0.4, 0.5) is 18.9 Å². The molecule has 9 heteroatoms. The van der Waals surface area contributed by atoms with Crippen molar-refractivity contribution in [3.8, 4) is 6.07 Å². The van der Waals surface area contributed by atoms with E-state index in [-0.39, 0.29) is 24.9 Å². The lowest BCUT2D eigenvalue weighted by Crippen LogP contribution is -2.49. The summed E-state index contributed by atoms with van der Waals surface area (Å²) in [6.45, 7) is 1.60. The normalized spacial score (nSPS) is 22.7. The molecule has 2 atom stereocenters. The molecule has 0 saturated carbocycles. The van der Waals surface area contributed by atoms with Crippen LogP contribution in [-0.4, -0.2) is 48.7 Å². The molecule has 1 amide bonds. The molecule has 0 radical (unpaired) electrons. The number of likely N-dealkylation sites (tertiary alicyclic amines) is 1. The number of amides is 1. The highest BCUT2D eigenvalue weighted by atomic mass is 35.5. The summed E-state index contributed by atoms with van der Waals surface area (Å²) < 4.78 is 40.2. The van der Waals surface area contributed by atoms with Gasteiger partial charge < -0.3 is 14.9 Å². The van der Waals surface area contributed by atoms with E-state index in [1.54, 1.807) is 29.2 Å². The zero-order chi connectivity index (χ0) is 23.8. The maximum absolute atomic E-state index is 13.4. The molecular formula is C24H23ClF3N3O2. The van der Waals surface area contributed by atoms with Gasteiger partial charge in [0.05, 0.1) is 30.2 Å². The quantitative estimate of drug-likeness (QED) is 0.719. The first kappa shape index (κ1) is 23.4. The summed E-state index contributed by atoms with van der Waals surface area (Å²) in [7, 11) is 0. The van der Waals surface area contributed by atoms with Crippen LogP contribution in [0.3, 0.4) is 0 Å². The predicted octanol–water partition coefficient (Wildman–Crippen LogP) is 4.12. The second kappa shape index (κ2) is 8.88. The molecule has 174 valence electrons. The Morgan fingerprint density at radius 3 is 2.67 bits per heavy atom. The molecule has 2 fully saturated rings. The zero-order valence-corrected chi connectivity index (χ0v) is 18.5. The maximum atomic E-state index is 13.4. The highest BCUT2D eigenvalue weighted by Gasteiger charge is 2.50. The van der Waals surface area contributed by atoms with Gasteiger partial charge in [0, 0.05) is 48.2 Å². The number of rotatable bonds is 4. The number of benzene rings is 2. The highest BCUT2D eigenvalue weighted by molar-refractivity contribution is 6.31. The zero-order valence-electron chi connectivity index (χ0n) is 17.8. The molecule has 2 aromatic carbocycles. The first-order valence-electron chi connectivity index (χ1n) is 10.7. The topological polar surface area (TPSA) is 67.6 Å². The van der Waals surface area contributed by atoms with Gasteiger partial charge in [-0.15, -0.1) is 0 Å². The van der Waals surface area contributed by atoms with Crippen molar-refractivity contribution in [1.82, 2.24) is 4.90 Å². The monoisotopic (exact) mass is 477 g/mol. The number of hydrogen-bond acceptors (Lipinski definition) is 4. The van der Waals surface area contributed by atoms with Gasteiger partial charge in [0.15, 0.2) is 0 Å². The van der Waals surface area contributed by atoms with Crippen molar-refractivity contribution in [3.05, 3.63) is 64.2 Å². The minimum atomic E-state index is -4.62. The number of aliphatic hydroxyl groups excluding tert-OH is 1. The molecule has 2 heterocycles. The van der Waals surface area contributed by atoms with Gasteiger partial charge in [-0.2, -0.15) is 18.4 Å². The van der Waals surface area contributed by atoms with Gasteiger partial charge in [0.2, 0.25) is 5.91 Å². The molecule has 1 N–H and O–H groups in total. The Bertz CT molecular complexity index is 1100. The van der Waals surface area contributed by atoms with Gasteiger partial charge in [0.1, 0.15) is 0 Å². The van der Waals surface area contributed by atoms with Crippen LogP contribution in [0.5, 0.6) is 0 Å². The number of piperidine rings is 1. The van der Waals surface area contributed by atoms with Crippen molar-refractivity contribution in [2.75, 3.05) is 37.7 Å². The van der Waals surface area contributed by atoms with Crippen molar-refractivity contribution in [2.24, 2.45) is 11.3 Å². The van der Waals surface area contributed by atoms with E-state index in [9.17, 15) is 23.1 Å². The Hall–Kier alpha value is -2.76. The fraction of sp³-hybridized carbons (Fsp3) is 0.417. The number of carbonyl (C=O) groups is 1. The van der Waals surface area contributed by atoms with Gasteiger partial charge in [-0.25, -0.2) is 0 Å². The predicted molar refractivity (Wildman–Crippen MR) is 118 cm³/mol. The van der Waals surface area contributed by atoms with Crippen LogP contribution < -0.4 is 4.90 Å². The molecule has 2 unspecified atom stereocenters. The Morgan fingerprint density at radius 1 is 1.24 bits per heavy atom. The van der Waals surface area contributed by atoms with E-state index >= 15 is 0 Å². The van der Waals surface area contributed by atoms with Crippen LogP contribution in [-0.2, 0) is 17.4 Å². The molecule has 2 aromatic rings. The second-order valence-electron chi connectivity index (χ2n) is 8.80. The lowest BCUT2D eigenvalue weighted by Gasteiger charge is -2.43. The van der Waals surface area contributed by atoms with E-state index in [1.165, 1.54) is 12.1 Å². The molecule has 0 bridgehead atoms. The number of fused-ring (bicyclic) bond motifs is 1. The molecule has 2 aliphatic heterocycles. The number of nitrogens with zero attached hydrogens (tertiary/aromatic N) is 3. The number of hydrogen-bond donors (Lipinski definition) is 1. The van der Waals surface area contributed by atoms with Gasteiger partial charge in [0.25, 0.3) is 0 Å². The van der Waals surface area contributed by atoms with Gasteiger partial charge >= 0.3 is 6.18 Å². The van der Waals surface area contributed by atoms with Crippen LogP contribution in [0.1, 0.15) is 23.1 Å². The third-order valence-electron chi connectivity index (χ3n) is 6.89. The third kappa shape index (κ3) is 4.53. The van der Waals surface area contributed by atoms with Gasteiger partial charge in [-0.1, -0.05) is 29.8 Å². The third-order valence-corrected chi connectivity index (χ3v) is 7.26. The standard InChI is InChI=1S/C24H23ClF3N3O2/c25-21-4-2-1-3-16(21)9-22(33)31-13-18-12-30(8-7-23(18,14-31)15-32)19-6-5-17(11-29)20(10-19)24(26,27)28/h1-6,10,18,32H,7-9,12-15H2. The Balaban J connectivity index is 1.52. The van der Waals surface area contributed by atoms with Crippen LogP contribution in [0, 0.1) is 22.7 Å². The van der Waals surface area contributed by atoms with Crippen LogP contribution >= 0.6 is 11.6 Å². The van der Waals surface area contributed by atoms with E-state index in [0.29, 0.717) is 43.3 Å². The summed E-state index contributed by atoms with van der Waals surface area (Å²) in [6, 6.07) is 12.5. The van der Waals surface area contributed by atoms with Crippen molar-refractivity contribution in [1.29, 1.82) is 5.26 Å². The summed E-state index contributed by atoms with van der Waals surface area (Å²) in [5.74, 6) is -0.175. The first-order valence-corrected chi connectivity index (χ1v) is 11.0. The first-order chi connectivity index (χ1) is 15.7. The minimum absolute atomic E-state index is 0.0866. The summed E-state index contributed by atoms with van der Waals surface area (Å²) in [4.78, 5) is 16.5. The second-order valence-corrected chi connectivity index (χ2v) is 9.20. The average Bonchev–Trinajstić information content (AvgIpc) is 3.19. The molecule has 33 heavy (non-hydrogen) atoms. The van der Waals surface area contributed by atoms with Gasteiger partial charge in [-0.05, 0) is 36.2 Å². The Kier molecular flexibility index (Phi) is 6.30. The lowest BCUT2D eigenvalue weighted by molar-refractivity contribution is -0.137. The fourth-order valence-corrected chi connectivity index (χ4v) is 5.15. The lowest BCUT2D eigenvalue weighted by atomic mass is 9.73. The number of anilines is 1. The SMILES string of the molecule is N#Cc1ccc(N2CCC3(CO)CN(C(=O)Cc4ccccc4Cl)CC3C2)cc1C(F)(F)F. The molecule has 5 nitrogen and oxygen atoms in total. The summed E-state index contributed by atoms with van der Waals surface area (Å²) in [6.07, 6.45) is -3.92. The fourth-order valence-electron chi connectivity index (χ4n) is 4.94. The smallest absolute Gasteiger partial charge is 0.396 e. The summed E-state index contributed by atoms with van der Waals surface area (Å²) in [5, 5.41) is 19.8. The van der Waals surface area contributed by atoms with Crippen LogP contribution in [0.25, 0.3) is 0 Å². The molecule has 0 aromatic heterocycles. The highest BCUT2D eigenvalue weighted by Crippen LogP contribution is 2.44.